The highest BCUT2D eigenvalue weighted by molar-refractivity contribution is 5.95. The van der Waals surface area contributed by atoms with E-state index in [4.69, 9.17) is 15.5 Å². The van der Waals surface area contributed by atoms with Crippen LogP contribution < -0.4 is 10.5 Å². The number of rotatable bonds is 5. The molecule has 1 saturated carbocycles. The van der Waals surface area contributed by atoms with E-state index in [0.717, 1.165) is 53.9 Å². The third kappa shape index (κ3) is 3.84. The molecule has 0 bridgehead atoms. The number of hydrogen-bond donors (Lipinski definition) is 1. The molecule has 9 heteroatoms. The Kier molecular flexibility index (Phi) is 5.27. The van der Waals surface area contributed by atoms with Crippen LogP contribution in [0, 0.1) is 5.92 Å². The van der Waals surface area contributed by atoms with Gasteiger partial charge in [-0.3, -0.25) is 9.59 Å². The standard InChI is InChI=1S/C26H28N6O3/c1-35-19-6-7-20-17(12-19)4-5-18-13-28-26(30-22(18)20)32-23(15-2-3-15)21(14-29-32)25(34)31-10-8-16(9-11-31)24(27)33/h6-7,12-16H,2-5,8-11H2,1H3,(H2,27,33). The first-order valence-corrected chi connectivity index (χ1v) is 12.2. The molecule has 0 spiro atoms. The first kappa shape index (κ1) is 21.8. The van der Waals surface area contributed by atoms with E-state index in [9.17, 15) is 9.59 Å². The van der Waals surface area contributed by atoms with E-state index >= 15 is 0 Å². The van der Waals surface area contributed by atoms with E-state index in [1.54, 1.807) is 18.0 Å². The van der Waals surface area contributed by atoms with Gasteiger partial charge in [0.15, 0.2) is 0 Å². The number of hydrogen-bond acceptors (Lipinski definition) is 6. The van der Waals surface area contributed by atoms with Gasteiger partial charge in [0, 0.05) is 36.7 Å². The van der Waals surface area contributed by atoms with Crippen molar-refractivity contribution in [1.82, 2.24) is 24.6 Å². The molecule has 2 amide bonds. The average molecular weight is 473 g/mol. The lowest BCUT2D eigenvalue weighted by molar-refractivity contribution is -0.123. The highest BCUT2D eigenvalue weighted by Gasteiger charge is 2.36. The van der Waals surface area contributed by atoms with Crippen LogP contribution in [0.1, 0.15) is 58.8 Å². The number of nitrogens with zero attached hydrogens (tertiary/aromatic N) is 5. The Hall–Kier alpha value is -3.75. The monoisotopic (exact) mass is 472 g/mol. The number of carbonyl (C=O) groups is 2. The van der Waals surface area contributed by atoms with Gasteiger partial charge in [0.05, 0.1) is 30.3 Å². The molecule has 3 aromatic rings. The SMILES string of the molecule is COc1ccc2c(c1)CCc1cnc(-n3ncc(C(=O)N4CCC(C(N)=O)CC4)c3C3CC3)nc1-2. The predicted molar refractivity (Wildman–Crippen MR) is 128 cm³/mol. The number of aromatic nitrogens is 4. The lowest BCUT2D eigenvalue weighted by atomic mass is 9.90. The van der Waals surface area contributed by atoms with Crippen molar-refractivity contribution < 1.29 is 14.3 Å². The quantitative estimate of drug-likeness (QED) is 0.610. The highest BCUT2D eigenvalue weighted by Crippen LogP contribution is 2.43. The van der Waals surface area contributed by atoms with Gasteiger partial charge in [-0.25, -0.2) is 14.6 Å². The van der Waals surface area contributed by atoms with Crippen molar-refractivity contribution in [3.8, 4) is 23.0 Å². The Morgan fingerprint density at radius 2 is 1.83 bits per heavy atom. The molecule has 0 radical (unpaired) electrons. The van der Waals surface area contributed by atoms with Gasteiger partial charge < -0.3 is 15.4 Å². The zero-order valence-electron chi connectivity index (χ0n) is 19.7. The van der Waals surface area contributed by atoms with E-state index < -0.39 is 0 Å². The van der Waals surface area contributed by atoms with Gasteiger partial charge >= 0.3 is 0 Å². The van der Waals surface area contributed by atoms with Crippen LogP contribution in [0.4, 0.5) is 0 Å². The van der Waals surface area contributed by atoms with Crippen molar-refractivity contribution in [3.63, 3.8) is 0 Å². The number of primary amides is 1. The third-order valence-corrected chi connectivity index (χ3v) is 7.46. The van der Waals surface area contributed by atoms with Crippen molar-refractivity contribution in [3.05, 3.63) is 53.0 Å². The minimum absolute atomic E-state index is 0.0449. The molecule has 3 heterocycles. The fourth-order valence-corrected chi connectivity index (χ4v) is 5.29. The van der Waals surface area contributed by atoms with E-state index in [1.165, 1.54) is 5.56 Å². The molecule has 2 N–H and O–H groups in total. The Balaban J connectivity index is 1.34. The van der Waals surface area contributed by atoms with Crippen LogP contribution in [-0.2, 0) is 17.6 Å². The summed E-state index contributed by atoms with van der Waals surface area (Å²) in [5.74, 6) is 1.12. The molecule has 0 unspecified atom stereocenters. The molecule has 1 aliphatic heterocycles. The zero-order chi connectivity index (χ0) is 24.1. The summed E-state index contributed by atoms with van der Waals surface area (Å²) in [5.41, 5.74) is 11.3. The van der Waals surface area contributed by atoms with Crippen LogP contribution in [-0.4, -0.2) is 56.7 Å². The first-order valence-electron chi connectivity index (χ1n) is 12.2. The summed E-state index contributed by atoms with van der Waals surface area (Å²) in [6.07, 6.45) is 8.57. The number of nitrogens with two attached hydrogens (primary N) is 1. The topological polar surface area (TPSA) is 116 Å². The van der Waals surface area contributed by atoms with Gasteiger partial charge in [0.2, 0.25) is 5.91 Å². The maximum Gasteiger partial charge on any atom is 0.257 e. The van der Waals surface area contributed by atoms with Gasteiger partial charge in [0.1, 0.15) is 5.75 Å². The van der Waals surface area contributed by atoms with E-state index in [2.05, 4.69) is 22.2 Å². The smallest absolute Gasteiger partial charge is 0.257 e. The maximum absolute atomic E-state index is 13.4. The molecule has 1 aromatic carbocycles. The fraction of sp³-hybridized carbons (Fsp3) is 0.423. The van der Waals surface area contributed by atoms with Crippen molar-refractivity contribution in [1.29, 1.82) is 0 Å². The van der Waals surface area contributed by atoms with Crippen LogP contribution in [0.25, 0.3) is 17.2 Å². The molecule has 0 atom stereocenters. The number of fused-ring (bicyclic) bond motifs is 3. The summed E-state index contributed by atoms with van der Waals surface area (Å²) in [6, 6.07) is 6.08. The molecular weight excluding hydrogens is 444 g/mol. The summed E-state index contributed by atoms with van der Waals surface area (Å²) in [5, 5.41) is 4.59. The Labute approximate surface area is 203 Å². The molecule has 6 rings (SSSR count). The largest absolute Gasteiger partial charge is 0.497 e. The molecule has 2 aromatic heterocycles. The van der Waals surface area contributed by atoms with Crippen molar-refractivity contribution in [2.75, 3.05) is 20.2 Å². The number of amides is 2. The number of likely N-dealkylation sites (tertiary alicyclic amines) is 1. The molecule has 3 aliphatic rings. The third-order valence-electron chi connectivity index (χ3n) is 7.46. The summed E-state index contributed by atoms with van der Waals surface area (Å²) >= 11 is 0. The minimum atomic E-state index is -0.284. The lowest BCUT2D eigenvalue weighted by Gasteiger charge is -2.30. The van der Waals surface area contributed by atoms with Gasteiger partial charge in [-0.05, 0) is 67.9 Å². The molecule has 1 saturated heterocycles. The lowest BCUT2D eigenvalue weighted by Crippen LogP contribution is -2.41. The van der Waals surface area contributed by atoms with E-state index in [1.807, 2.05) is 17.2 Å². The predicted octanol–water partition coefficient (Wildman–Crippen LogP) is 2.65. The zero-order valence-corrected chi connectivity index (χ0v) is 19.7. The van der Waals surface area contributed by atoms with Gasteiger partial charge in [-0.2, -0.15) is 5.10 Å². The van der Waals surface area contributed by atoms with E-state index in [0.29, 0.717) is 37.4 Å². The van der Waals surface area contributed by atoms with Crippen molar-refractivity contribution in [2.24, 2.45) is 11.7 Å². The highest BCUT2D eigenvalue weighted by atomic mass is 16.5. The second-order valence-electron chi connectivity index (χ2n) is 9.67. The van der Waals surface area contributed by atoms with Crippen LogP contribution in [0.5, 0.6) is 5.75 Å². The first-order chi connectivity index (χ1) is 17.0. The molecule has 2 fully saturated rings. The fourth-order valence-electron chi connectivity index (χ4n) is 5.29. The Morgan fingerprint density at radius 1 is 1.06 bits per heavy atom. The van der Waals surface area contributed by atoms with Crippen molar-refractivity contribution in [2.45, 2.75) is 44.4 Å². The maximum atomic E-state index is 13.4. The minimum Gasteiger partial charge on any atom is -0.497 e. The van der Waals surface area contributed by atoms with Gasteiger partial charge in [-0.1, -0.05) is 0 Å². The van der Waals surface area contributed by atoms with Crippen LogP contribution in [0.15, 0.2) is 30.6 Å². The van der Waals surface area contributed by atoms with Crippen LogP contribution in [0.2, 0.25) is 0 Å². The summed E-state index contributed by atoms with van der Waals surface area (Å²) in [4.78, 5) is 36.3. The van der Waals surface area contributed by atoms with Gasteiger partial charge in [-0.15, -0.1) is 0 Å². The molecule has 35 heavy (non-hydrogen) atoms. The summed E-state index contributed by atoms with van der Waals surface area (Å²) < 4.78 is 7.15. The average Bonchev–Trinajstić information content (AvgIpc) is 3.65. The number of ether oxygens (including phenoxy) is 1. The Morgan fingerprint density at radius 3 is 2.54 bits per heavy atom. The number of methoxy groups -OCH3 is 1. The molecular formula is C26H28N6O3. The number of piperidine rings is 1. The van der Waals surface area contributed by atoms with Crippen LogP contribution in [0.3, 0.4) is 0 Å². The van der Waals surface area contributed by atoms with Gasteiger partial charge in [0.25, 0.3) is 11.9 Å². The van der Waals surface area contributed by atoms with Crippen molar-refractivity contribution >= 4 is 11.8 Å². The second kappa shape index (κ2) is 8.48. The Bertz CT molecular complexity index is 1320. The molecule has 180 valence electrons. The van der Waals surface area contributed by atoms with Crippen LogP contribution >= 0.6 is 0 Å². The number of carbonyl (C=O) groups excluding carboxylic acids is 2. The van der Waals surface area contributed by atoms with E-state index in [-0.39, 0.29) is 23.7 Å². The number of aryl methyl sites for hydroxylation is 2. The summed E-state index contributed by atoms with van der Waals surface area (Å²) in [7, 11) is 1.68. The second-order valence-corrected chi connectivity index (χ2v) is 9.67. The normalized spacial score (nSPS) is 17.6. The molecule has 2 aliphatic carbocycles. The number of benzene rings is 1. The summed E-state index contributed by atoms with van der Waals surface area (Å²) in [6.45, 7) is 1.05. The molecule has 9 nitrogen and oxygen atoms in total.